The summed E-state index contributed by atoms with van der Waals surface area (Å²) in [4.78, 5) is 23.0. The molecular weight excluding hydrogens is 270 g/mol. The average Bonchev–Trinajstić information content (AvgIpc) is 2.54. The van der Waals surface area contributed by atoms with Crippen LogP contribution >= 0.6 is 0 Å². The first-order valence-electron chi connectivity index (χ1n) is 7.37. The Balaban J connectivity index is 2.32. The van der Waals surface area contributed by atoms with E-state index < -0.39 is 0 Å². The first-order chi connectivity index (χ1) is 10.2. The van der Waals surface area contributed by atoms with Gasteiger partial charge in [0.05, 0.1) is 13.2 Å². The van der Waals surface area contributed by atoms with E-state index in [9.17, 15) is 4.79 Å². The van der Waals surface area contributed by atoms with Gasteiger partial charge in [0.1, 0.15) is 23.5 Å². The van der Waals surface area contributed by atoms with Gasteiger partial charge in [-0.05, 0) is 6.92 Å². The summed E-state index contributed by atoms with van der Waals surface area (Å²) in [6.07, 6.45) is 0.751. The van der Waals surface area contributed by atoms with Gasteiger partial charge in [-0.2, -0.15) is 0 Å². The minimum Gasteiger partial charge on any atom is -0.377 e. The van der Waals surface area contributed by atoms with E-state index >= 15 is 0 Å². The third-order valence-corrected chi connectivity index (χ3v) is 3.40. The number of likely N-dealkylation sites (N-methyl/N-ethyl adjacent to an activating group) is 1. The molecule has 0 aromatic carbocycles. The largest absolute Gasteiger partial charge is 0.377 e. The number of ether oxygens (including phenoxy) is 1. The zero-order valence-electron chi connectivity index (χ0n) is 12.8. The number of aromatic nitrogens is 2. The lowest BCUT2D eigenvalue weighted by molar-refractivity contribution is -0.124. The van der Waals surface area contributed by atoms with Gasteiger partial charge in [-0.15, -0.1) is 0 Å². The lowest BCUT2D eigenvalue weighted by Crippen LogP contribution is -2.53. The lowest BCUT2D eigenvalue weighted by Gasteiger charge is -2.35. The van der Waals surface area contributed by atoms with E-state index in [0.717, 1.165) is 30.4 Å². The number of aryl methyl sites for hydroxylation is 1. The maximum atomic E-state index is 12.0. The fourth-order valence-corrected chi connectivity index (χ4v) is 2.32. The molecule has 7 heteroatoms. The molecule has 1 aromatic heterocycles. The minimum absolute atomic E-state index is 0.0589. The van der Waals surface area contributed by atoms with Crippen molar-refractivity contribution in [3.05, 3.63) is 11.9 Å². The van der Waals surface area contributed by atoms with Gasteiger partial charge in [-0.1, -0.05) is 6.92 Å². The molecule has 2 rings (SSSR count). The quantitative estimate of drug-likeness (QED) is 0.819. The van der Waals surface area contributed by atoms with Crippen LogP contribution in [0.25, 0.3) is 0 Å². The lowest BCUT2D eigenvalue weighted by atomic mass is 10.2. The van der Waals surface area contributed by atoms with Crippen LogP contribution in [0.5, 0.6) is 0 Å². The van der Waals surface area contributed by atoms with Crippen molar-refractivity contribution >= 4 is 17.5 Å². The summed E-state index contributed by atoms with van der Waals surface area (Å²) in [6, 6.07) is 1.54. The number of hydrogen-bond donors (Lipinski definition) is 2. The van der Waals surface area contributed by atoms with Gasteiger partial charge in [0.2, 0.25) is 5.91 Å². The van der Waals surface area contributed by atoms with Crippen LogP contribution in [-0.2, 0) is 16.0 Å². The number of anilines is 2. The Labute approximate surface area is 125 Å². The van der Waals surface area contributed by atoms with E-state index in [1.165, 1.54) is 0 Å². The van der Waals surface area contributed by atoms with E-state index in [4.69, 9.17) is 4.74 Å². The molecule has 7 nitrogen and oxygen atoms in total. The molecule has 0 saturated carbocycles. The molecule has 1 aliphatic heterocycles. The monoisotopic (exact) mass is 293 g/mol. The number of nitrogens with one attached hydrogen (secondary N) is 2. The van der Waals surface area contributed by atoms with E-state index in [-0.39, 0.29) is 11.9 Å². The topological polar surface area (TPSA) is 79.4 Å². The van der Waals surface area contributed by atoms with Crippen LogP contribution in [0.3, 0.4) is 0 Å². The maximum absolute atomic E-state index is 12.0. The van der Waals surface area contributed by atoms with Crippen LogP contribution in [0.15, 0.2) is 6.07 Å². The van der Waals surface area contributed by atoms with Gasteiger partial charge in [0.25, 0.3) is 0 Å². The summed E-state index contributed by atoms with van der Waals surface area (Å²) < 4.78 is 5.43. The molecule has 2 N–H and O–H groups in total. The van der Waals surface area contributed by atoms with Crippen LogP contribution < -0.4 is 15.5 Å². The third-order valence-electron chi connectivity index (χ3n) is 3.40. The molecule has 1 atom stereocenters. The van der Waals surface area contributed by atoms with E-state index in [2.05, 4.69) is 20.6 Å². The van der Waals surface area contributed by atoms with Gasteiger partial charge in [0, 0.05) is 32.6 Å². The Morgan fingerprint density at radius 1 is 1.48 bits per heavy atom. The van der Waals surface area contributed by atoms with Crippen LogP contribution in [-0.4, -0.2) is 55.3 Å². The van der Waals surface area contributed by atoms with E-state index in [0.29, 0.717) is 19.8 Å². The van der Waals surface area contributed by atoms with Crippen LogP contribution in [0.4, 0.5) is 11.6 Å². The minimum atomic E-state index is -0.349. The molecule has 116 valence electrons. The highest BCUT2D eigenvalue weighted by Crippen LogP contribution is 2.21. The number of hydrogen-bond acceptors (Lipinski definition) is 6. The molecule has 0 radical (unpaired) electrons. The van der Waals surface area contributed by atoms with Gasteiger partial charge in [-0.25, -0.2) is 9.97 Å². The van der Waals surface area contributed by atoms with Crippen molar-refractivity contribution < 1.29 is 9.53 Å². The predicted molar refractivity (Wildman–Crippen MR) is 81.6 cm³/mol. The molecule has 2 heterocycles. The molecule has 1 unspecified atom stereocenters. The molecule has 1 aliphatic rings. The first-order valence-corrected chi connectivity index (χ1v) is 7.37. The summed E-state index contributed by atoms with van der Waals surface area (Å²) >= 11 is 0. The van der Waals surface area contributed by atoms with Crippen molar-refractivity contribution in [1.82, 2.24) is 15.3 Å². The second-order valence-electron chi connectivity index (χ2n) is 4.81. The molecule has 1 amide bonds. The summed E-state index contributed by atoms with van der Waals surface area (Å²) in [5.74, 6) is 2.28. The highest BCUT2D eigenvalue weighted by molar-refractivity contribution is 5.85. The Hall–Kier alpha value is -1.89. The molecule has 1 saturated heterocycles. The van der Waals surface area contributed by atoms with Crippen molar-refractivity contribution in [1.29, 1.82) is 0 Å². The third kappa shape index (κ3) is 3.60. The molecule has 21 heavy (non-hydrogen) atoms. The van der Waals surface area contributed by atoms with Crippen LogP contribution in [0, 0.1) is 0 Å². The highest BCUT2D eigenvalue weighted by Gasteiger charge is 2.30. The Morgan fingerprint density at radius 2 is 2.29 bits per heavy atom. The molecule has 0 aliphatic carbocycles. The molecule has 1 fully saturated rings. The van der Waals surface area contributed by atoms with E-state index in [1.54, 1.807) is 7.05 Å². The number of nitrogens with zero attached hydrogens (tertiary/aromatic N) is 3. The summed E-state index contributed by atoms with van der Waals surface area (Å²) in [6.45, 7) is 6.45. The predicted octanol–water partition coefficient (Wildman–Crippen LogP) is 0.422. The van der Waals surface area contributed by atoms with Gasteiger partial charge in [0.15, 0.2) is 0 Å². The molecule has 1 aromatic rings. The van der Waals surface area contributed by atoms with Crippen molar-refractivity contribution in [2.45, 2.75) is 26.3 Å². The number of rotatable bonds is 5. The number of amides is 1. The first kappa shape index (κ1) is 15.5. The van der Waals surface area contributed by atoms with Crippen LogP contribution in [0.1, 0.15) is 19.7 Å². The SMILES string of the molecule is CCNc1cc(N2CCOCC2C(=O)NC)nc(CC)n1. The van der Waals surface area contributed by atoms with Gasteiger partial charge >= 0.3 is 0 Å². The molecule has 0 spiro atoms. The Morgan fingerprint density at radius 3 is 2.95 bits per heavy atom. The Kier molecular flexibility index (Phi) is 5.32. The smallest absolute Gasteiger partial charge is 0.244 e. The second kappa shape index (κ2) is 7.21. The second-order valence-corrected chi connectivity index (χ2v) is 4.81. The van der Waals surface area contributed by atoms with Crippen molar-refractivity contribution in [2.24, 2.45) is 0 Å². The number of carbonyl (C=O) groups is 1. The number of morpholine rings is 1. The highest BCUT2D eigenvalue weighted by atomic mass is 16.5. The molecule has 0 bridgehead atoms. The van der Waals surface area contributed by atoms with Crippen molar-refractivity contribution in [3.63, 3.8) is 0 Å². The summed E-state index contributed by atoms with van der Waals surface area (Å²) in [7, 11) is 1.64. The zero-order valence-corrected chi connectivity index (χ0v) is 12.8. The summed E-state index contributed by atoms with van der Waals surface area (Å²) in [5, 5.41) is 5.89. The summed E-state index contributed by atoms with van der Waals surface area (Å²) in [5.41, 5.74) is 0. The molecular formula is C14H23N5O2. The van der Waals surface area contributed by atoms with Crippen molar-refractivity contribution in [2.75, 3.05) is 43.6 Å². The van der Waals surface area contributed by atoms with Crippen LogP contribution in [0.2, 0.25) is 0 Å². The average molecular weight is 293 g/mol. The Bertz CT molecular complexity index is 494. The van der Waals surface area contributed by atoms with Gasteiger partial charge < -0.3 is 20.3 Å². The maximum Gasteiger partial charge on any atom is 0.244 e. The number of carbonyl (C=O) groups excluding carboxylic acids is 1. The fraction of sp³-hybridized carbons (Fsp3) is 0.643. The zero-order chi connectivity index (χ0) is 15.2. The van der Waals surface area contributed by atoms with E-state index in [1.807, 2.05) is 24.8 Å². The van der Waals surface area contributed by atoms with Gasteiger partial charge in [-0.3, -0.25) is 4.79 Å². The standard InChI is InChI=1S/C14H23N5O2/c1-4-11-17-12(16-5-2)8-13(18-11)19-6-7-21-9-10(19)14(20)15-3/h8,10H,4-7,9H2,1-3H3,(H,15,20)(H,16,17,18). The van der Waals surface area contributed by atoms with Crippen molar-refractivity contribution in [3.8, 4) is 0 Å². The fourth-order valence-electron chi connectivity index (χ4n) is 2.32. The normalized spacial score (nSPS) is 18.4.